The summed E-state index contributed by atoms with van der Waals surface area (Å²) < 4.78 is 37.8. The lowest BCUT2D eigenvalue weighted by atomic mass is 9.91. The highest BCUT2D eigenvalue weighted by atomic mass is 19.4. The molecular formula is C21H29F3N2O4. The van der Waals surface area contributed by atoms with E-state index in [0.29, 0.717) is 5.92 Å². The average molecular weight is 430 g/mol. The Morgan fingerprint density at radius 1 is 1.27 bits per heavy atom. The van der Waals surface area contributed by atoms with Gasteiger partial charge in [0.05, 0.1) is 6.10 Å². The SMILES string of the molecule is CC(C)NC(=O)[C@H]1C[C@@H]2CCN(CCc3ccccc3)C[C@@H]2O1.O=C(O)C(F)(F)F. The molecule has 2 aliphatic heterocycles. The summed E-state index contributed by atoms with van der Waals surface area (Å²) in [6, 6.07) is 10.8. The Kier molecular flexibility index (Phi) is 8.66. The smallest absolute Gasteiger partial charge is 0.475 e. The number of carboxylic acids is 1. The van der Waals surface area contributed by atoms with Crippen molar-refractivity contribution in [1.29, 1.82) is 0 Å². The van der Waals surface area contributed by atoms with Crippen LogP contribution in [0.4, 0.5) is 13.2 Å². The first-order chi connectivity index (χ1) is 14.1. The van der Waals surface area contributed by atoms with Gasteiger partial charge in [0, 0.05) is 19.1 Å². The number of likely N-dealkylation sites (tertiary alicyclic amines) is 1. The second kappa shape index (κ2) is 10.8. The summed E-state index contributed by atoms with van der Waals surface area (Å²) in [4.78, 5) is 23.5. The van der Waals surface area contributed by atoms with Crippen LogP contribution in [0.3, 0.4) is 0 Å². The van der Waals surface area contributed by atoms with Crippen molar-refractivity contribution in [3.05, 3.63) is 35.9 Å². The van der Waals surface area contributed by atoms with Crippen LogP contribution in [0.15, 0.2) is 30.3 Å². The number of benzene rings is 1. The minimum Gasteiger partial charge on any atom is -0.475 e. The minimum atomic E-state index is -5.08. The molecule has 30 heavy (non-hydrogen) atoms. The summed E-state index contributed by atoms with van der Waals surface area (Å²) in [6.45, 7) is 7.13. The number of ether oxygens (including phenoxy) is 1. The third kappa shape index (κ3) is 7.60. The summed E-state index contributed by atoms with van der Waals surface area (Å²) in [5, 5.41) is 10.1. The van der Waals surface area contributed by atoms with Crippen molar-refractivity contribution in [1.82, 2.24) is 10.2 Å². The first kappa shape index (κ1) is 24.1. The van der Waals surface area contributed by atoms with Crippen molar-refractivity contribution in [2.75, 3.05) is 19.6 Å². The molecule has 0 saturated carbocycles. The summed E-state index contributed by atoms with van der Waals surface area (Å²) >= 11 is 0. The number of rotatable bonds is 5. The monoisotopic (exact) mass is 430 g/mol. The molecule has 3 atom stereocenters. The molecule has 168 valence electrons. The van der Waals surface area contributed by atoms with Gasteiger partial charge in [0.2, 0.25) is 5.91 Å². The lowest BCUT2D eigenvalue weighted by Gasteiger charge is -2.34. The molecule has 6 nitrogen and oxygen atoms in total. The van der Waals surface area contributed by atoms with Crippen LogP contribution >= 0.6 is 0 Å². The van der Waals surface area contributed by atoms with Crippen LogP contribution in [0.1, 0.15) is 32.3 Å². The fraction of sp³-hybridized carbons (Fsp3) is 0.619. The number of aliphatic carboxylic acids is 1. The first-order valence-electron chi connectivity index (χ1n) is 10.1. The van der Waals surface area contributed by atoms with E-state index in [9.17, 15) is 18.0 Å². The third-order valence-electron chi connectivity index (χ3n) is 5.16. The molecule has 2 saturated heterocycles. The second-order valence-electron chi connectivity index (χ2n) is 7.95. The van der Waals surface area contributed by atoms with E-state index in [-0.39, 0.29) is 24.2 Å². The van der Waals surface area contributed by atoms with Crippen LogP contribution in [0.5, 0.6) is 0 Å². The fourth-order valence-corrected chi connectivity index (χ4v) is 3.68. The predicted octanol–water partition coefficient (Wildman–Crippen LogP) is 2.87. The Morgan fingerprint density at radius 3 is 2.47 bits per heavy atom. The van der Waals surface area contributed by atoms with Gasteiger partial charge in [-0.1, -0.05) is 30.3 Å². The van der Waals surface area contributed by atoms with Crippen molar-refractivity contribution in [3.63, 3.8) is 0 Å². The van der Waals surface area contributed by atoms with Gasteiger partial charge >= 0.3 is 12.1 Å². The molecule has 2 heterocycles. The van der Waals surface area contributed by atoms with Crippen LogP contribution in [0.25, 0.3) is 0 Å². The molecule has 0 bridgehead atoms. The molecule has 1 aromatic rings. The van der Waals surface area contributed by atoms with E-state index in [0.717, 1.165) is 38.9 Å². The predicted molar refractivity (Wildman–Crippen MR) is 105 cm³/mol. The lowest BCUT2D eigenvalue weighted by molar-refractivity contribution is -0.192. The highest BCUT2D eigenvalue weighted by molar-refractivity contribution is 5.81. The summed E-state index contributed by atoms with van der Waals surface area (Å²) in [6.07, 6.45) is -2.00. The maximum Gasteiger partial charge on any atom is 0.490 e. The zero-order chi connectivity index (χ0) is 22.3. The van der Waals surface area contributed by atoms with Gasteiger partial charge in [0.1, 0.15) is 6.10 Å². The van der Waals surface area contributed by atoms with E-state index in [4.69, 9.17) is 14.6 Å². The average Bonchev–Trinajstić information content (AvgIpc) is 3.10. The number of nitrogens with one attached hydrogen (secondary N) is 1. The Balaban J connectivity index is 0.000000396. The van der Waals surface area contributed by atoms with Crippen molar-refractivity contribution in [2.24, 2.45) is 5.92 Å². The number of nitrogens with zero attached hydrogens (tertiary/aromatic N) is 1. The number of carbonyl (C=O) groups excluding carboxylic acids is 1. The maximum atomic E-state index is 12.1. The Labute approximate surface area is 174 Å². The van der Waals surface area contributed by atoms with Gasteiger partial charge in [-0.25, -0.2) is 4.79 Å². The molecule has 2 fully saturated rings. The standard InChI is InChI=1S/C19H28N2O2.C2HF3O2/c1-14(2)20-19(22)17-12-16-9-11-21(13-18(16)23-17)10-8-15-6-4-3-5-7-15;3-2(4,5)1(6)7/h3-7,14,16-18H,8-13H2,1-2H3,(H,20,22);(H,6,7)/t16-,17+,18-;/m0./s1. The molecule has 0 spiro atoms. The van der Waals surface area contributed by atoms with E-state index in [1.54, 1.807) is 0 Å². The molecular weight excluding hydrogens is 401 g/mol. The van der Waals surface area contributed by atoms with Crippen LogP contribution in [0, 0.1) is 5.92 Å². The zero-order valence-electron chi connectivity index (χ0n) is 17.2. The fourth-order valence-electron chi connectivity index (χ4n) is 3.68. The number of carboxylic acid groups (broad SMARTS) is 1. The van der Waals surface area contributed by atoms with E-state index in [1.807, 2.05) is 13.8 Å². The van der Waals surface area contributed by atoms with E-state index in [1.165, 1.54) is 5.56 Å². The second-order valence-corrected chi connectivity index (χ2v) is 7.95. The van der Waals surface area contributed by atoms with Gasteiger partial charge in [-0.3, -0.25) is 4.79 Å². The van der Waals surface area contributed by atoms with Gasteiger partial charge in [0.15, 0.2) is 0 Å². The van der Waals surface area contributed by atoms with Crippen LogP contribution in [-0.2, 0) is 20.7 Å². The van der Waals surface area contributed by atoms with Crippen LogP contribution < -0.4 is 5.32 Å². The molecule has 3 rings (SSSR count). The quantitative estimate of drug-likeness (QED) is 0.751. The number of piperidine rings is 1. The van der Waals surface area contributed by atoms with E-state index in [2.05, 4.69) is 40.5 Å². The van der Waals surface area contributed by atoms with Gasteiger partial charge in [-0.05, 0) is 51.1 Å². The minimum absolute atomic E-state index is 0.0604. The Bertz CT molecular complexity index is 697. The van der Waals surface area contributed by atoms with Gasteiger partial charge < -0.3 is 20.1 Å². The van der Waals surface area contributed by atoms with Crippen molar-refractivity contribution >= 4 is 11.9 Å². The maximum absolute atomic E-state index is 12.1. The number of fused-ring (bicyclic) bond motifs is 1. The summed E-state index contributed by atoms with van der Waals surface area (Å²) in [7, 11) is 0. The molecule has 0 unspecified atom stereocenters. The number of amides is 1. The normalized spacial score (nSPS) is 24.0. The largest absolute Gasteiger partial charge is 0.490 e. The highest BCUT2D eigenvalue weighted by Crippen LogP contribution is 2.33. The van der Waals surface area contributed by atoms with Gasteiger partial charge in [-0.15, -0.1) is 0 Å². The van der Waals surface area contributed by atoms with Crippen LogP contribution in [-0.4, -0.2) is 65.9 Å². The molecule has 0 aliphatic carbocycles. The molecule has 0 aromatic heterocycles. The molecule has 1 aromatic carbocycles. The Hall–Kier alpha value is -2.13. The third-order valence-corrected chi connectivity index (χ3v) is 5.16. The van der Waals surface area contributed by atoms with Gasteiger partial charge in [0.25, 0.3) is 0 Å². The number of alkyl halides is 3. The number of hydrogen-bond donors (Lipinski definition) is 2. The zero-order valence-corrected chi connectivity index (χ0v) is 17.2. The molecule has 2 N–H and O–H groups in total. The van der Waals surface area contributed by atoms with E-state index < -0.39 is 12.1 Å². The van der Waals surface area contributed by atoms with E-state index >= 15 is 0 Å². The van der Waals surface area contributed by atoms with Crippen molar-refractivity contribution in [3.8, 4) is 0 Å². The van der Waals surface area contributed by atoms with Crippen molar-refractivity contribution < 1.29 is 32.6 Å². The van der Waals surface area contributed by atoms with Gasteiger partial charge in [-0.2, -0.15) is 13.2 Å². The van der Waals surface area contributed by atoms with Crippen LogP contribution in [0.2, 0.25) is 0 Å². The Morgan fingerprint density at radius 2 is 1.90 bits per heavy atom. The molecule has 0 radical (unpaired) electrons. The molecule has 2 aliphatic rings. The topological polar surface area (TPSA) is 78.9 Å². The number of hydrogen-bond acceptors (Lipinski definition) is 4. The molecule has 1 amide bonds. The summed E-state index contributed by atoms with van der Waals surface area (Å²) in [5.41, 5.74) is 1.39. The lowest BCUT2D eigenvalue weighted by Crippen LogP contribution is -2.43. The number of carbonyl (C=O) groups is 2. The molecule has 9 heteroatoms. The number of halogens is 3. The first-order valence-corrected chi connectivity index (χ1v) is 10.1. The highest BCUT2D eigenvalue weighted by Gasteiger charge is 2.41. The summed E-state index contributed by atoms with van der Waals surface area (Å²) in [5.74, 6) is -2.15. The van der Waals surface area contributed by atoms with Crippen molar-refractivity contribution in [2.45, 2.75) is 57.5 Å².